The summed E-state index contributed by atoms with van der Waals surface area (Å²) in [7, 11) is 0. The molecule has 0 spiro atoms. The quantitative estimate of drug-likeness (QED) is 0.434. The van der Waals surface area contributed by atoms with Gasteiger partial charge in [0.15, 0.2) is 11.0 Å². The Morgan fingerprint density at radius 3 is 2.64 bits per heavy atom. The zero-order valence-electron chi connectivity index (χ0n) is 15.6. The molecule has 0 aliphatic heterocycles. The Morgan fingerprint density at radius 1 is 1.21 bits per heavy atom. The van der Waals surface area contributed by atoms with E-state index in [-0.39, 0.29) is 11.7 Å². The normalized spacial score (nSPS) is 10.9. The largest absolute Gasteiger partial charge is 0.325 e. The van der Waals surface area contributed by atoms with Gasteiger partial charge in [0.2, 0.25) is 5.91 Å². The number of hydrogen-bond acceptors (Lipinski definition) is 4. The van der Waals surface area contributed by atoms with Gasteiger partial charge < -0.3 is 9.88 Å². The van der Waals surface area contributed by atoms with Crippen LogP contribution in [-0.4, -0.2) is 26.4 Å². The maximum atomic E-state index is 12.4. The van der Waals surface area contributed by atoms with Crippen LogP contribution < -0.4 is 5.32 Å². The molecule has 8 heteroatoms. The molecule has 3 rings (SSSR count). The highest BCUT2D eigenvalue weighted by atomic mass is 79.9. The van der Waals surface area contributed by atoms with Crippen molar-refractivity contribution in [2.75, 3.05) is 11.1 Å². The van der Waals surface area contributed by atoms with Gasteiger partial charge in [-0.2, -0.15) is 0 Å². The first-order chi connectivity index (χ1) is 13.5. The predicted molar refractivity (Wildman–Crippen MR) is 119 cm³/mol. The van der Waals surface area contributed by atoms with Gasteiger partial charge >= 0.3 is 0 Å². The number of aromatic nitrogens is 3. The summed E-state index contributed by atoms with van der Waals surface area (Å²) in [6, 6.07) is 13.3. The number of amides is 1. The van der Waals surface area contributed by atoms with Gasteiger partial charge in [0.05, 0.1) is 5.75 Å². The zero-order chi connectivity index (χ0) is 20.1. The first-order valence-corrected chi connectivity index (χ1v) is 11.0. The summed E-state index contributed by atoms with van der Waals surface area (Å²) in [5, 5.41) is 13.0. The molecule has 1 N–H and O–H groups in total. The third kappa shape index (κ3) is 5.16. The van der Waals surface area contributed by atoms with Crippen LogP contribution in [0.1, 0.15) is 18.9 Å². The molecule has 1 aromatic heterocycles. The number of carbonyl (C=O) groups excluding carboxylic acids is 1. The maximum Gasteiger partial charge on any atom is 0.234 e. The van der Waals surface area contributed by atoms with Gasteiger partial charge in [-0.1, -0.05) is 46.2 Å². The Balaban J connectivity index is 1.71. The molecule has 2 aromatic carbocycles. The van der Waals surface area contributed by atoms with Gasteiger partial charge in [-0.25, -0.2) is 0 Å². The molecule has 1 heterocycles. The van der Waals surface area contributed by atoms with Crippen molar-refractivity contribution in [1.29, 1.82) is 0 Å². The second kappa shape index (κ2) is 9.58. The second-order valence-corrected chi connectivity index (χ2v) is 8.56. The number of hydrogen-bond donors (Lipinski definition) is 1. The van der Waals surface area contributed by atoms with Crippen LogP contribution in [-0.2, 0) is 11.3 Å². The Labute approximate surface area is 182 Å². The minimum atomic E-state index is -0.0745. The molecule has 0 atom stereocenters. The predicted octanol–water partition coefficient (Wildman–Crippen LogP) is 5.81. The fraction of sp³-hybridized carbons (Fsp3) is 0.250. The lowest BCUT2D eigenvalue weighted by Gasteiger charge is -2.10. The fourth-order valence-corrected chi connectivity index (χ4v) is 4.08. The molecular formula is C20H20BrClN4OS. The van der Waals surface area contributed by atoms with Crippen molar-refractivity contribution in [2.24, 2.45) is 0 Å². The topological polar surface area (TPSA) is 59.8 Å². The van der Waals surface area contributed by atoms with E-state index in [0.717, 1.165) is 45.2 Å². The van der Waals surface area contributed by atoms with Crippen molar-refractivity contribution in [3.8, 4) is 11.4 Å². The Kier molecular flexibility index (Phi) is 7.15. The summed E-state index contributed by atoms with van der Waals surface area (Å²) < 4.78 is 3.03. The smallest absolute Gasteiger partial charge is 0.234 e. The molecule has 0 saturated carbocycles. The Bertz CT molecular complexity index is 975. The number of nitrogens with zero attached hydrogens (tertiary/aromatic N) is 3. The summed E-state index contributed by atoms with van der Waals surface area (Å²) in [6.07, 6.45) is 0.941. The molecule has 28 heavy (non-hydrogen) atoms. The van der Waals surface area contributed by atoms with Gasteiger partial charge in [-0.3, -0.25) is 4.79 Å². The average molecular weight is 480 g/mol. The van der Waals surface area contributed by atoms with Crippen LogP contribution in [0.15, 0.2) is 52.1 Å². The number of thioether (sulfide) groups is 1. The highest BCUT2D eigenvalue weighted by molar-refractivity contribution is 9.10. The van der Waals surface area contributed by atoms with Crippen molar-refractivity contribution in [3.05, 3.63) is 57.5 Å². The SMILES string of the molecule is CCCn1c(SCC(=O)Nc2ccc(Br)cc2C)nnc1-c1ccc(Cl)cc1. The molecule has 3 aromatic rings. The molecule has 0 unspecified atom stereocenters. The molecule has 0 aliphatic carbocycles. The van der Waals surface area contributed by atoms with Crippen LogP contribution in [0.25, 0.3) is 11.4 Å². The zero-order valence-corrected chi connectivity index (χ0v) is 18.7. The van der Waals surface area contributed by atoms with E-state index in [1.165, 1.54) is 11.8 Å². The number of aryl methyl sites for hydroxylation is 1. The lowest BCUT2D eigenvalue weighted by Crippen LogP contribution is -2.15. The van der Waals surface area contributed by atoms with Crippen molar-refractivity contribution >= 4 is 50.9 Å². The van der Waals surface area contributed by atoms with Crippen molar-refractivity contribution in [3.63, 3.8) is 0 Å². The summed E-state index contributed by atoms with van der Waals surface area (Å²) in [4.78, 5) is 12.4. The summed E-state index contributed by atoms with van der Waals surface area (Å²) in [5.74, 6) is 0.970. The second-order valence-electron chi connectivity index (χ2n) is 6.26. The van der Waals surface area contributed by atoms with Crippen LogP contribution in [0.2, 0.25) is 5.02 Å². The van der Waals surface area contributed by atoms with E-state index in [2.05, 4.69) is 38.4 Å². The van der Waals surface area contributed by atoms with Crippen molar-refractivity contribution in [1.82, 2.24) is 14.8 Å². The molecule has 0 radical (unpaired) electrons. The van der Waals surface area contributed by atoms with E-state index >= 15 is 0 Å². The van der Waals surface area contributed by atoms with Gasteiger partial charge in [-0.15, -0.1) is 10.2 Å². The van der Waals surface area contributed by atoms with Crippen LogP contribution >= 0.6 is 39.3 Å². The van der Waals surface area contributed by atoms with Crippen LogP contribution in [0.3, 0.4) is 0 Å². The fourth-order valence-electron chi connectivity index (χ4n) is 2.72. The van der Waals surface area contributed by atoms with Crippen LogP contribution in [0.5, 0.6) is 0 Å². The first-order valence-electron chi connectivity index (χ1n) is 8.86. The van der Waals surface area contributed by atoms with Gasteiger partial charge in [0, 0.05) is 27.3 Å². The molecule has 0 fully saturated rings. The average Bonchev–Trinajstić information content (AvgIpc) is 3.06. The summed E-state index contributed by atoms with van der Waals surface area (Å²) >= 11 is 10.8. The number of rotatable bonds is 7. The maximum absolute atomic E-state index is 12.4. The monoisotopic (exact) mass is 478 g/mol. The van der Waals surface area contributed by atoms with Gasteiger partial charge in [0.25, 0.3) is 0 Å². The molecule has 0 aliphatic rings. The third-order valence-corrected chi connectivity index (χ3v) is 5.77. The Morgan fingerprint density at radius 2 is 1.96 bits per heavy atom. The van der Waals surface area contributed by atoms with Crippen molar-refractivity contribution in [2.45, 2.75) is 32.0 Å². The molecule has 0 saturated heterocycles. The number of halogens is 2. The van der Waals surface area contributed by atoms with E-state index < -0.39 is 0 Å². The molecule has 5 nitrogen and oxygen atoms in total. The molecule has 1 amide bonds. The van der Waals surface area contributed by atoms with Crippen molar-refractivity contribution < 1.29 is 4.79 Å². The number of nitrogens with one attached hydrogen (secondary N) is 1. The molecule has 0 bridgehead atoms. The van der Waals surface area contributed by atoms with E-state index in [9.17, 15) is 4.79 Å². The summed E-state index contributed by atoms with van der Waals surface area (Å²) in [6.45, 7) is 4.84. The number of carbonyl (C=O) groups is 1. The standard InChI is InChI=1S/C20H20BrClN4OS/c1-3-10-26-19(14-4-7-16(22)8-5-14)24-25-20(26)28-12-18(27)23-17-9-6-15(21)11-13(17)2/h4-9,11H,3,10,12H2,1-2H3,(H,23,27). The van der Waals surface area contributed by atoms with Gasteiger partial charge in [0.1, 0.15) is 0 Å². The number of anilines is 1. The lowest BCUT2D eigenvalue weighted by molar-refractivity contribution is -0.113. The molecular weight excluding hydrogens is 460 g/mol. The lowest BCUT2D eigenvalue weighted by atomic mass is 10.2. The van der Waals surface area contributed by atoms with Crippen LogP contribution in [0, 0.1) is 6.92 Å². The van der Waals surface area contributed by atoms with Gasteiger partial charge in [-0.05, 0) is 61.4 Å². The van der Waals surface area contributed by atoms with E-state index in [1.54, 1.807) is 0 Å². The van der Waals surface area contributed by atoms with E-state index in [4.69, 9.17) is 11.6 Å². The van der Waals surface area contributed by atoms with E-state index in [1.807, 2.05) is 54.0 Å². The highest BCUT2D eigenvalue weighted by Gasteiger charge is 2.15. The Hall–Kier alpha value is -1.83. The molecule has 146 valence electrons. The minimum Gasteiger partial charge on any atom is -0.325 e. The van der Waals surface area contributed by atoms with E-state index in [0.29, 0.717) is 5.02 Å². The third-order valence-electron chi connectivity index (χ3n) is 4.06. The van der Waals surface area contributed by atoms with Crippen LogP contribution in [0.4, 0.5) is 5.69 Å². The summed E-state index contributed by atoms with van der Waals surface area (Å²) in [5.41, 5.74) is 2.77. The first kappa shape index (κ1) is 20.9. The number of benzene rings is 2. The minimum absolute atomic E-state index is 0.0745. The highest BCUT2D eigenvalue weighted by Crippen LogP contribution is 2.26.